The normalized spacial score (nSPS) is 12.3. The van der Waals surface area contributed by atoms with Crippen molar-refractivity contribution >= 4 is 0 Å². The standard InChI is InChI=1S/C11H10F3N/c1-4-10(2,3)9-7-15-6-5-8(9)11(12,13)14/h1,5-7H,2-3H3. The lowest BCUT2D eigenvalue weighted by Crippen LogP contribution is -2.21. The summed E-state index contributed by atoms with van der Waals surface area (Å²) in [5, 5.41) is 0. The van der Waals surface area contributed by atoms with Crippen molar-refractivity contribution in [1.82, 2.24) is 4.98 Å². The van der Waals surface area contributed by atoms with Gasteiger partial charge in [-0.3, -0.25) is 4.98 Å². The van der Waals surface area contributed by atoms with Crippen LogP contribution >= 0.6 is 0 Å². The van der Waals surface area contributed by atoms with E-state index in [1.807, 2.05) is 0 Å². The molecule has 0 aromatic carbocycles. The third-order valence-electron chi connectivity index (χ3n) is 2.16. The first-order valence-corrected chi connectivity index (χ1v) is 4.28. The van der Waals surface area contributed by atoms with Gasteiger partial charge in [-0.2, -0.15) is 13.2 Å². The molecule has 0 aliphatic carbocycles. The lowest BCUT2D eigenvalue weighted by molar-refractivity contribution is -0.138. The Morgan fingerprint density at radius 2 is 1.87 bits per heavy atom. The van der Waals surface area contributed by atoms with E-state index in [1.165, 1.54) is 6.20 Å². The molecule has 4 heteroatoms. The molecule has 1 rings (SSSR count). The van der Waals surface area contributed by atoms with Gasteiger partial charge in [-0.05, 0) is 19.9 Å². The predicted molar refractivity (Wildman–Crippen MR) is 51.1 cm³/mol. The fourth-order valence-corrected chi connectivity index (χ4v) is 1.22. The molecule has 15 heavy (non-hydrogen) atoms. The van der Waals surface area contributed by atoms with Crippen molar-refractivity contribution in [2.75, 3.05) is 0 Å². The summed E-state index contributed by atoms with van der Waals surface area (Å²) in [5.41, 5.74) is -1.67. The van der Waals surface area contributed by atoms with Gasteiger partial charge < -0.3 is 0 Å². The van der Waals surface area contributed by atoms with Crippen LogP contribution in [-0.2, 0) is 11.6 Å². The summed E-state index contributed by atoms with van der Waals surface area (Å²) in [4.78, 5) is 3.68. The minimum atomic E-state index is -4.40. The van der Waals surface area contributed by atoms with Gasteiger partial charge in [0, 0.05) is 18.0 Å². The number of pyridine rings is 1. The second-order valence-electron chi connectivity index (χ2n) is 3.69. The van der Waals surface area contributed by atoms with Crippen LogP contribution in [0.2, 0.25) is 0 Å². The van der Waals surface area contributed by atoms with Gasteiger partial charge in [0.2, 0.25) is 0 Å². The molecule has 0 amide bonds. The van der Waals surface area contributed by atoms with Gasteiger partial charge in [0.25, 0.3) is 0 Å². The Balaban J connectivity index is 3.39. The van der Waals surface area contributed by atoms with E-state index in [0.29, 0.717) is 0 Å². The first-order valence-electron chi connectivity index (χ1n) is 4.28. The Labute approximate surface area is 86.3 Å². The van der Waals surface area contributed by atoms with E-state index < -0.39 is 17.2 Å². The van der Waals surface area contributed by atoms with Crippen LogP contribution in [0.3, 0.4) is 0 Å². The Kier molecular flexibility index (Phi) is 2.76. The van der Waals surface area contributed by atoms with Crippen molar-refractivity contribution in [3.05, 3.63) is 29.6 Å². The Hall–Kier alpha value is -1.50. The summed E-state index contributed by atoms with van der Waals surface area (Å²) < 4.78 is 37.9. The SMILES string of the molecule is C#CC(C)(C)c1cnccc1C(F)(F)F. The topological polar surface area (TPSA) is 12.9 Å². The number of terminal acetylenes is 1. The van der Waals surface area contributed by atoms with Gasteiger partial charge in [-0.15, -0.1) is 6.42 Å². The third-order valence-corrected chi connectivity index (χ3v) is 2.16. The zero-order chi connectivity index (χ0) is 11.7. The number of aromatic nitrogens is 1. The lowest BCUT2D eigenvalue weighted by atomic mass is 9.83. The van der Waals surface area contributed by atoms with E-state index in [-0.39, 0.29) is 5.56 Å². The number of hydrogen-bond acceptors (Lipinski definition) is 1. The average Bonchev–Trinajstić information content (AvgIpc) is 2.16. The number of nitrogens with zero attached hydrogens (tertiary/aromatic N) is 1. The monoisotopic (exact) mass is 213 g/mol. The van der Waals surface area contributed by atoms with Crippen LogP contribution in [0, 0.1) is 12.3 Å². The minimum absolute atomic E-state index is 0.0278. The van der Waals surface area contributed by atoms with Crippen molar-refractivity contribution in [2.24, 2.45) is 0 Å². The quantitative estimate of drug-likeness (QED) is 0.653. The number of rotatable bonds is 1. The average molecular weight is 213 g/mol. The van der Waals surface area contributed by atoms with E-state index >= 15 is 0 Å². The Bertz CT molecular complexity index is 399. The van der Waals surface area contributed by atoms with Gasteiger partial charge in [0.05, 0.1) is 11.0 Å². The molecule has 1 heterocycles. The highest BCUT2D eigenvalue weighted by molar-refractivity contribution is 5.38. The van der Waals surface area contributed by atoms with Gasteiger partial charge in [-0.25, -0.2) is 0 Å². The molecule has 1 aromatic heterocycles. The molecule has 0 N–H and O–H groups in total. The van der Waals surface area contributed by atoms with E-state index in [2.05, 4.69) is 10.9 Å². The van der Waals surface area contributed by atoms with Crippen LogP contribution in [0.25, 0.3) is 0 Å². The molecule has 0 aliphatic rings. The Morgan fingerprint density at radius 3 is 2.33 bits per heavy atom. The van der Waals surface area contributed by atoms with Crippen molar-refractivity contribution in [2.45, 2.75) is 25.4 Å². The van der Waals surface area contributed by atoms with E-state index in [1.54, 1.807) is 13.8 Å². The van der Waals surface area contributed by atoms with Crippen LogP contribution in [0.1, 0.15) is 25.0 Å². The smallest absolute Gasteiger partial charge is 0.264 e. The summed E-state index contributed by atoms with van der Waals surface area (Å²) in [5.74, 6) is 2.33. The van der Waals surface area contributed by atoms with Crippen LogP contribution in [0.4, 0.5) is 13.2 Å². The Morgan fingerprint density at radius 1 is 1.27 bits per heavy atom. The summed E-state index contributed by atoms with van der Waals surface area (Å²) in [6, 6.07) is 0.939. The van der Waals surface area contributed by atoms with Gasteiger partial charge in [0.1, 0.15) is 0 Å². The van der Waals surface area contributed by atoms with Gasteiger partial charge in [-0.1, -0.05) is 5.92 Å². The fraction of sp³-hybridized carbons (Fsp3) is 0.364. The van der Waals surface area contributed by atoms with E-state index in [0.717, 1.165) is 12.3 Å². The predicted octanol–water partition coefficient (Wildman–Crippen LogP) is 3.01. The lowest BCUT2D eigenvalue weighted by Gasteiger charge is -2.22. The summed E-state index contributed by atoms with van der Waals surface area (Å²) in [7, 11) is 0. The summed E-state index contributed by atoms with van der Waals surface area (Å²) in [6.45, 7) is 3.11. The van der Waals surface area contributed by atoms with Crippen molar-refractivity contribution < 1.29 is 13.2 Å². The molecule has 0 fully saturated rings. The van der Waals surface area contributed by atoms with Crippen molar-refractivity contribution in [1.29, 1.82) is 0 Å². The number of alkyl halides is 3. The highest BCUT2D eigenvalue weighted by Gasteiger charge is 2.37. The number of halogens is 3. The third kappa shape index (κ3) is 2.30. The van der Waals surface area contributed by atoms with Crippen molar-refractivity contribution in [3.8, 4) is 12.3 Å². The molecule has 0 unspecified atom stereocenters. The van der Waals surface area contributed by atoms with Crippen molar-refractivity contribution in [3.63, 3.8) is 0 Å². The van der Waals surface area contributed by atoms with Crippen LogP contribution < -0.4 is 0 Å². The molecule has 0 saturated carbocycles. The maximum atomic E-state index is 12.6. The molecular formula is C11H10F3N. The zero-order valence-electron chi connectivity index (χ0n) is 8.39. The minimum Gasteiger partial charge on any atom is -0.264 e. The maximum absolute atomic E-state index is 12.6. The molecule has 0 atom stereocenters. The van der Waals surface area contributed by atoms with Crippen LogP contribution in [0.5, 0.6) is 0 Å². The summed E-state index contributed by atoms with van der Waals surface area (Å²) >= 11 is 0. The van der Waals surface area contributed by atoms with E-state index in [4.69, 9.17) is 6.42 Å². The number of hydrogen-bond donors (Lipinski definition) is 0. The molecule has 1 aromatic rings. The molecule has 80 valence electrons. The molecule has 0 saturated heterocycles. The largest absolute Gasteiger partial charge is 0.416 e. The second kappa shape index (κ2) is 3.58. The zero-order valence-corrected chi connectivity index (χ0v) is 8.39. The highest BCUT2D eigenvalue weighted by atomic mass is 19.4. The van der Waals surface area contributed by atoms with Crippen LogP contribution in [-0.4, -0.2) is 4.98 Å². The van der Waals surface area contributed by atoms with Crippen LogP contribution in [0.15, 0.2) is 18.5 Å². The molecule has 0 bridgehead atoms. The van der Waals surface area contributed by atoms with Gasteiger partial charge in [0.15, 0.2) is 0 Å². The highest BCUT2D eigenvalue weighted by Crippen LogP contribution is 2.36. The first kappa shape index (κ1) is 11.6. The second-order valence-corrected chi connectivity index (χ2v) is 3.69. The molecule has 0 radical (unpaired) electrons. The molecule has 1 nitrogen and oxygen atoms in total. The fourth-order valence-electron chi connectivity index (χ4n) is 1.22. The first-order chi connectivity index (χ1) is 6.79. The molecular weight excluding hydrogens is 203 g/mol. The maximum Gasteiger partial charge on any atom is 0.416 e. The van der Waals surface area contributed by atoms with Gasteiger partial charge >= 0.3 is 6.18 Å². The van der Waals surface area contributed by atoms with E-state index in [9.17, 15) is 13.2 Å². The molecule has 0 aliphatic heterocycles. The molecule has 0 spiro atoms. The summed E-state index contributed by atoms with van der Waals surface area (Å²) in [6.07, 6.45) is 3.09.